The molecule has 0 radical (unpaired) electrons. The van der Waals surface area contributed by atoms with E-state index in [0.717, 1.165) is 0 Å². The second-order valence-corrected chi connectivity index (χ2v) is 5.15. The molecule has 4 aromatic rings. The summed E-state index contributed by atoms with van der Waals surface area (Å²) in [4.78, 5) is 16.7. The van der Waals surface area contributed by atoms with E-state index in [0.29, 0.717) is 27.8 Å². The Kier molecular flexibility index (Phi) is 2.98. The van der Waals surface area contributed by atoms with Crippen LogP contribution in [0, 0.1) is 0 Å². The van der Waals surface area contributed by atoms with Crippen molar-refractivity contribution in [3.63, 3.8) is 0 Å². The number of halogens is 1. The van der Waals surface area contributed by atoms with Gasteiger partial charge in [0.1, 0.15) is 17.6 Å². The van der Waals surface area contributed by atoms with Gasteiger partial charge in [-0.25, -0.2) is 0 Å². The average molecular weight is 329 g/mol. The monoisotopic (exact) mass is 328 g/mol. The van der Waals surface area contributed by atoms with Gasteiger partial charge in [0.2, 0.25) is 0 Å². The van der Waals surface area contributed by atoms with Crippen molar-refractivity contribution in [3.8, 4) is 11.4 Å². The summed E-state index contributed by atoms with van der Waals surface area (Å²) in [5.41, 5.74) is 0.864. The second-order valence-electron chi connectivity index (χ2n) is 4.71. The number of methoxy groups -OCH3 is 1. The van der Waals surface area contributed by atoms with Gasteiger partial charge in [-0.3, -0.25) is 9.36 Å². The predicted molar refractivity (Wildman–Crippen MR) is 83.2 cm³/mol. The molecule has 3 heterocycles. The highest BCUT2D eigenvalue weighted by atomic mass is 35.5. The molecule has 0 aliphatic rings. The lowest BCUT2D eigenvalue weighted by Gasteiger charge is -2.11. The first-order chi connectivity index (χ1) is 11.2. The number of aromatic nitrogens is 6. The Labute approximate surface area is 133 Å². The van der Waals surface area contributed by atoms with E-state index in [9.17, 15) is 4.79 Å². The molecule has 1 aromatic carbocycles. The molecule has 0 aliphatic heterocycles. The summed E-state index contributed by atoms with van der Waals surface area (Å²) in [7, 11) is 1.53. The van der Waals surface area contributed by atoms with E-state index in [1.54, 1.807) is 30.5 Å². The molecule has 23 heavy (non-hydrogen) atoms. The summed E-state index contributed by atoms with van der Waals surface area (Å²) >= 11 is 6.04. The topological polar surface area (TPSA) is 87.2 Å². The van der Waals surface area contributed by atoms with Gasteiger partial charge >= 0.3 is 0 Å². The van der Waals surface area contributed by atoms with E-state index in [4.69, 9.17) is 16.3 Å². The molecule has 4 rings (SSSR count). The standard InChI is InChI=1S/C14H9ClN6O2/c1-23-11-3-2-8(15)6-10(11)20-5-4-9-12(13(20)22)18-19-14-16-7-17-21(9)14/h2-7H,1H3. The van der Waals surface area contributed by atoms with Crippen LogP contribution in [0.25, 0.3) is 22.5 Å². The second kappa shape index (κ2) is 5.03. The van der Waals surface area contributed by atoms with Crippen molar-refractivity contribution in [2.75, 3.05) is 7.11 Å². The minimum absolute atomic E-state index is 0.174. The molecular weight excluding hydrogens is 320 g/mol. The Morgan fingerprint density at radius 2 is 2.09 bits per heavy atom. The molecule has 0 fully saturated rings. The van der Waals surface area contributed by atoms with Crippen molar-refractivity contribution >= 4 is 28.4 Å². The zero-order valence-corrected chi connectivity index (χ0v) is 12.6. The third kappa shape index (κ3) is 2.03. The number of pyridine rings is 1. The van der Waals surface area contributed by atoms with Crippen molar-refractivity contribution in [2.45, 2.75) is 0 Å². The molecule has 0 N–H and O–H groups in total. The molecule has 8 nitrogen and oxygen atoms in total. The van der Waals surface area contributed by atoms with Crippen molar-refractivity contribution < 1.29 is 4.74 Å². The summed E-state index contributed by atoms with van der Waals surface area (Å²) in [6, 6.07) is 6.75. The lowest BCUT2D eigenvalue weighted by Crippen LogP contribution is -2.20. The third-order valence-electron chi connectivity index (χ3n) is 3.44. The number of rotatable bonds is 2. The van der Waals surface area contributed by atoms with Crippen LogP contribution in [0.1, 0.15) is 0 Å². The van der Waals surface area contributed by atoms with Crippen LogP contribution in [-0.2, 0) is 0 Å². The number of hydrogen-bond donors (Lipinski definition) is 0. The van der Waals surface area contributed by atoms with Gasteiger partial charge in [-0.15, -0.1) is 10.2 Å². The van der Waals surface area contributed by atoms with Crippen molar-refractivity contribution in [1.82, 2.24) is 29.4 Å². The maximum absolute atomic E-state index is 12.8. The normalized spacial score (nSPS) is 11.2. The highest BCUT2D eigenvalue weighted by Gasteiger charge is 2.13. The lowest BCUT2D eigenvalue weighted by atomic mass is 10.2. The molecule has 0 amide bonds. The molecule has 0 atom stereocenters. The molecule has 114 valence electrons. The number of hydrogen-bond acceptors (Lipinski definition) is 6. The van der Waals surface area contributed by atoms with Crippen molar-refractivity contribution in [1.29, 1.82) is 0 Å². The molecule has 0 aliphatic carbocycles. The van der Waals surface area contributed by atoms with E-state index in [1.807, 2.05) is 0 Å². The van der Waals surface area contributed by atoms with Gasteiger partial charge in [0.05, 0.1) is 12.8 Å². The number of fused-ring (bicyclic) bond motifs is 3. The molecule has 0 spiro atoms. The van der Waals surface area contributed by atoms with Crippen LogP contribution < -0.4 is 10.3 Å². The van der Waals surface area contributed by atoms with Crippen LogP contribution in [0.3, 0.4) is 0 Å². The fraction of sp³-hybridized carbons (Fsp3) is 0.0714. The maximum atomic E-state index is 12.8. The smallest absolute Gasteiger partial charge is 0.285 e. The van der Waals surface area contributed by atoms with Gasteiger partial charge in [-0.1, -0.05) is 11.6 Å². The van der Waals surface area contributed by atoms with Gasteiger partial charge < -0.3 is 4.74 Å². The molecule has 3 aromatic heterocycles. The molecule has 9 heteroatoms. The molecular formula is C14H9ClN6O2. The summed E-state index contributed by atoms with van der Waals surface area (Å²) in [5.74, 6) is 0.848. The van der Waals surface area contributed by atoms with E-state index in [1.165, 1.54) is 22.5 Å². The maximum Gasteiger partial charge on any atom is 0.285 e. The van der Waals surface area contributed by atoms with E-state index in [2.05, 4.69) is 20.3 Å². The zero-order chi connectivity index (χ0) is 16.0. The minimum Gasteiger partial charge on any atom is -0.495 e. The van der Waals surface area contributed by atoms with Crippen LogP contribution in [0.4, 0.5) is 0 Å². The predicted octanol–water partition coefficient (Wildman–Crippen LogP) is 1.49. The summed E-state index contributed by atoms with van der Waals surface area (Å²) in [6.07, 6.45) is 2.97. The minimum atomic E-state index is -0.354. The van der Waals surface area contributed by atoms with Crippen LogP contribution in [0.15, 0.2) is 41.6 Å². The van der Waals surface area contributed by atoms with Gasteiger partial charge in [-0.05, 0) is 24.3 Å². The number of ether oxygens (including phenoxy) is 1. The highest BCUT2D eigenvalue weighted by molar-refractivity contribution is 6.30. The Balaban J connectivity index is 2.06. The summed E-state index contributed by atoms with van der Waals surface area (Å²) in [5, 5.41) is 12.4. The summed E-state index contributed by atoms with van der Waals surface area (Å²) in [6.45, 7) is 0. The number of benzene rings is 1. The first-order valence-electron chi connectivity index (χ1n) is 6.61. The Morgan fingerprint density at radius 3 is 2.91 bits per heavy atom. The van der Waals surface area contributed by atoms with Gasteiger partial charge in [-0.2, -0.15) is 14.6 Å². The van der Waals surface area contributed by atoms with E-state index < -0.39 is 0 Å². The lowest BCUT2D eigenvalue weighted by molar-refractivity contribution is 0.412. The first-order valence-corrected chi connectivity index (χ1v) is 6.98. The molecule has 0 saturated carbocycles. The van der Waals surface area contributed by atoms with E-state index in [-0.39, 0.29) is 11.1 Å². The highest BCUT2D eigenvalue weighted by Crippen LogP contribution is 2.25. The van der Waals surface area contributed by atoms with Gasteiger partial charge in [0, 0.05) is 11.2 Å². The average Bonchev–Trinajstić information content (AvgIpc) is 3.04. The fourth-order valence-corrected chi connectivity index (χ4v) is 2.56. The quantitative estimate of drug-likeness (QED) is 0.554. The van der Waals surface area contributed by atoms with Crippen molar-refractivity contribution in [3.05, 3.63) is 52.2 Å². The van der Waals surface area contributed by atoms with Gasteiger partial charge in [0.25, 0.3) is 11.3 Å². The van der Waals surface area contributed by atoms with Crippen LogP contribution >= 0.6 is 11.6 Å². The Bertz CT molecular complexity index is 1100. The van der Waals surface area contributed by atoms with Crippen LogP contribution in [0.5, 0.6) is 5.75 Å². The zero-order valence-electron chi connectivity index (χ0n) is 11.8. The largest absolute Gasteiger partial charge is 0.495 e. The van der Waals surface area contributed by atoms with Crippen LogP contribution in [-0.4, -0.2) is 36.5 Å². The van der Waals surface area contributed by atoms with E-state index >= 15 is 0 Å². The Hall–Kier alpha value is -3.00. The fourth-order valence-electron chi connectivity index (χ4n) is 2.39. The number of nitrogens with zero attached hydrogens (tertiary/aromatic N) is 6. The Morgan fingerprint density at radius 1 is 1.22 bits per heavy atom. The molecule has 0 bridgehead atoms. The first kappa shape index (κ1) is 13.6. The van der Waals surface area contributed by atoms with Gasteiger partial charge in [0.15, 0.2) is 5.52 Å². The molecule has 0 unspecified atom stereocenters. The summed E-state index contributed by atoms with van der Waals surface area (Å²) < 4.78 is 8.17. The molecule has 0 saturated heterocycles. The third-order valence-corrected chi connectivity index (χ3v) is 3.68. The SMILES string of the molecule is COc1ccc(Cl)cc1-n1ccc2c(nnc3ncnn32)c1=O. The van der Waals surface area contributed by atoms with Crippen molar-refractivity contribution in [2.24, 2.45) is 0 Å². The van der Waals surface area contributed by atoms with Crippen LogP contribution in [0.2, 0.25) is 5.02 Å².